The summed E-state index contributed by atoms with van der Waals surface area (Å²) in [6, 6.07) is 12.7. The summed E-state index contributed by atoms with van der Waals surface area (Å²) in [5, 5.41) is 14.8. The molecule has 1 aromatic heterocycles. The van der Waals surface area contributed by atoms with E-state index in [2.05, 4.69) is 10.1 Å². The molecule has 0 saturated carbocycles. The number of aromatic nitrogens is 2. The lowest BCUT2D eigenvalue weighted by atomic mass is 10.2. The molecule has 1 heterocycles. The number of carbonyl (C=O) groups is 1. The predicted molar refractivity (Wildman–Crippen MR) is 95.2 cm³/mol. The van der Waals surface area contributed by atoms with Crippen LogP contribution in [0.4, 0.5) is 5.69 Å². The van der Waals surface area contributed by atoms with Crippen molar-refractivity contribution in [3.8, 4) is 17.1 Å². The Labute approximate surface area is 154 Å². The van der Waals surface area contributed by atoms with Crippen LogP contribution in [0.1, 0.15) is 16.2 Å². The molecule has 3 rings (SSSR count). The summed E-state index contributed by atoms with van der Waals surface area (Å²) < 4.78 is 10.4. The van der Waals surface area contributed by atoms with Gasteiger partial charge in [-0.3, -0.25) is 14.9 Å². The van der Waals surface area contributed by atoms with Gasteiger partial charge in [0.2, 0.25) is 11.7 Å². The minimum atomic E-state index is -0.546. The molecule has 9 nitrogen and oxygen atoms in total. The van der Waals surface area contributed by atoms with Crippen molar-refractivity contribution < 1.29 is 19.0 Å². The molecule has 0 atom stereocenters. The van der Waals surface area contributed by atoms with E-state index in [-0.39, 0.29) is 29.6 Å². The number of nitrogens with zero attached hydrogens (tertiary/aromatic N) is 4. The second-order valence-electron chi connectivity index (χ2n) is 5.71. The van der Waals surface area contributed by atoms with Crippen molar-refractivity contribution >= 4 is 11.6 Å². The second kappa shape index (κ2) is 7.65. The molecule has 0 radical (unpaired) electrons. The van der Waals surface area contributed by atoms with Crippen LogP contribution in [0.2, 0.25) is 0 Å². The van der Waals surface area contributed by atoms with Gasteiger partial charge in [-0.15, -0.1) is 0 Å². The van der Waals surface area contributed by atoms with Crippen LogP contribution < -0.4 is 4.74 Å². The number of ether oxygens (including phenoxy) is 1. The van der Waals surface area contributed by atoms with Gasteiger partial charge in [-0.05, 0) is 18.2 Å². The summed E-state index contributed by atoms with van der Waals surface area (Å²) >= 11 is 0. The van der Waals surface area contributed by atoms with Crippen molar-refractivity contribution in [3.05, 3.63) is 70.1 Å². The first-order valence-corrected chi connectivity index (χ1v) is 7.95. The Morgan fingerprint density at radius 3 is 2.78 bits per heavy atom. The van der Waals surface area contributed by atoms with Gasteiger partial charge < -0.3 is 14.2 Å². The molecule has 0 bridgehead atoms. The van der Waals surface area contributed by atoms with Crippen molar-refractivity contribution in [2.45, 2.75) is 6.54 Å². The fourth-order valence-corrected chi connectivity index (χ4v) is 2.45. The normalized spacial score (nSPS) is 10.4. The van der Waals surface area contributed by atoms with E-state index < -0.39 is 4.92 Å². The molecule has 2 aromatic carbocycles. The summed E-state index contributed by atoms with van der Waals surface area (Å²) in [6.07, 6.45) is 0. The van der Waals surface area contributed by atoms with E-state index in [0.29, 0.717) is 11.6 Å². The highest BCUT2D eigenvalue weighted by Crippen LogP contribution is 2.22. The Morgan fingerprint density at radius 1 is 1.26 bits per heavy atom. The molecule has 0 saturated heterocycles. The van der Waals surface area contributed by atoms with Gasteiger partial charge in [0.25, 0.3) is 11.6 Å². The van der Waals surface area contributed by atoms with E-state index >= 15 is 0 Å². The number of amides is 1. The fourth-order valence-electron chi connectivity index (χ4n) is 2.45. The summed E-state index contributed by atoms with van der Waals surface area (Å²) in [7, 11) is 3.12. The Kier molecular flexibility index (Phi) is 5.11. The van der Waals surface area contributed by atoms with Crippen LogP contribution in [-0.4, -0.2) is 40.0 Å². The lowest BCUT2D eigenvalue weighted by molar-refractivity contribution is -0.384. The summed E-state index contributed by atoms with van der Waals surface area (Å²) in [4.78, 5) is 28.4. The average molecular weight is 368 g/mol. The molecule has 0 fully saturated rings. The number of benzene rings is 2. The Bertz CT molecular complexity index is 985. The van der Waals surface area contributed by atoms with Gasteiger partial charge >= 0.3 is 0 Å². The second-order valence-corrected chi connectivity index (χ2v) is 5.71. The molecular weight excluding hydrogens is 352 g/mol. The Balaban J connectivity index is 1.73. The number of non-ortho nitro benzene ring substituents is 1. The monoisotopic (exact) mass is 368 g/mol. The molecular formula is C18H16N4O5. The molecule has 3 aromatic rings. The van der Waals surface area contributed by atoms with Gasteiger partial charge in [-0.1, -0.05) is 23.4 Å². The van der Waals surface area contributed by atoms with Gasteiger partial charge in [0.05, 0.1) is 18.6 Å². The van der Waals surface area contributed by atoms with Crippen molar-refractivity contribution in [2.24, 2.45) is 0 Å². The number of methoxy groups -OCH3 is 1. The number of carbonyl (C=O) groups excluding carboxylic acids is 1. The molecule has 0 aliphatic carbocycles. The maximum Gasteiger partial charge on any atom is 0.270 e. The van der Waals surface area contributed by atoms with Crippen LogP contribution in [0.25, 0.3) is 11.4 Å². The molecule has 0 spiro atoms. The first kappa shape index (κ1) is 18.1. The zero-order chi connectivity index (χ0) is 19.4. The maximum atomic E-state index is 12.5. The summed E-state index contributed by atoms with van der Waals surface area (Å²) in [5.41, 5.74) is 0.781. The van der Waals surface area contributed by atoms with Crippen LogP contribution in [0.5, 0.6) is 5.75 Å². The van der Waals surface area contributed by atoms with Crippen LogP contribution in [0, 0.1) is 10.1 Å². The molecule has 9 heteroatoms. The third kappa shape index (κ3) is 4.09. The smallest absolute Gasteiger partial charge is 0.270 e. The highest BCUT2D eigenvalue weighted by Gasteiger charge is 2.18. The standard InChI is InChI=1S/C18H16N4O5/c1-21(18(23)13-6-3-7-14(9-13)22(24)25)11-16-19-17(20-27-16)12-5-4-8-15(10-12)26-2/h3-10H,11H2,1-2H3. The third-order valence-corrected chi connectivity index (χ3v) is 3.82. The first-order chi connectivity index (χ1) is 13.0. The van der Waals surface area contributed by atoms with E-state index in [9.17, 15) is 14.9 Å². The van der Waals surface area contributed by atoms with E-state index in [0.717, 1.165) is 5.56 Å². The Hall–Kier alpha value is -3.75. The Morgan fingerprint density at radius 2 is 2.04 bits per heavy atom. The molecule has 138 valence electrons. The molecule has 0 aliphatic heterocycles. The summed E-state index contributed by atoms with van der Waals surface area (Å²) in [5.74, 6) is 0.894. The third-order valence-electron chi connectivity index (χ3n) is 3.82. The van der Waals surface area contributed by atoms with Crippen LogP contribution in [-0.2, 0) is 6.54 Å². The van der Waals surface area contributed by atoms with E-state index in [1.807, 2.05) is 12.1 Å². The number of hydrogen-bond acceptors (Lipinski definition) is 7. The van der Waals surface area contributed by atoms with Crippen LogP contribution >= 0.6 is 0 Å². The highest BCUT2D eigenvalue weighted by molar-refractivity contribution is 5.94. The minimum absolute atomic E-state index is 0.0680. The van der Waals surface area contributed by atoms with Gasteiger partial charge in [-0.25, -0.2) is 0 Å². The average Bonchev–Trinajstić information content (AvgIpc) is 3.16. The predicted octanol–water partition coefficient (Wildman–Crippen LogP) is 2.93. The number of hydrogen-bond donors (Lipinski definition) is 0. The van der Waals surface area contributed by atoms with Crippen molar-refractivity contribution in [3.63, 3.8) is 0 Å². The molecule has 0 unspecified atom stereocenters. The first-order valence-electron chi connectivity index (χ1n) is 7.95. The lowest BCUT2D eigenvalue weighted by Crippen LogP contribution is -2.26. The number of nitro benzene ring substituents is 1. The lowest BCUT2D eigenvalue weighted by Gasteiger charge is -2.14. The fraction of sp³-hybridized carbons (Fsp3) is 0.167. The van der Waals surface area contributed by atoms with Gasteiger partial charge in [-0.2, -0.15) is 4.98 Å². The molecule has 0 aliphatic rings. The number of rotatable bonds is 6. The molecule has 1 amide bonds. The maximum absolute atomic E-state index is 12.5. The molecule has 27 heavy (non-hydrogen) atoms. The van der Waals surface area contributed by atoms with Gasteiger partial charge in [0.15, 0.2) is 0 Å². The largest absolute Gasteiger partial charge is 0.497 e. The topological polar surface area (TPSA) is 112 Å². The van der Waals surface area contributed by atoms with E-state index in [1.165, 1.54) is 29.2 Å². The van der Waals surface area contributed by atoms with E-state index in [4.69, 9.17) is 9.26 Å². The highest BCUT2D eigenvalue weighted by atomic mass is 16.6. The van der Waals surface area contributed by atoms with Crippen molar-refractivity contribution in [1.29, 1.82) is 0 Å². The zero-order valence-corrected chi connectivity index (χ0v) is 14.7. The van der Waals surface area contributed by atoms with Crippen molar-refractivity contribution in [2.75, 3.05) is 14.2 Å². The SMILES string of the molecule is COc1cccc(-c2noc(CN(C)C(=O)c3cccc([N+](=O)[O-])c3)n2)c1. The number of nitro groups is 1. The minimum Gasteiger partial charge on any atom is -0.497 e. The van der Waals surface area contributed by atoms with Gasteiger partial charge in [0.1, 0.15) is 5.75 Å². The quantitative estimate of drug-likeness (QED) is 0.486. The van der Waals surface area contributed by atoms with Crippen molar-refractivity contribution in [1.82, 2.24) is 15.0 Å². The zero-order valence-electron chi connectivity index (χ0n) is 14.7. The van der Waals surface area contributed by atoms with Gasteiger partial charge in [0, 0.05) is 30.3 Å². The van der Waals surface area contributed by atoms with Crippen LogP contribution in [0.3, 0.4) is 0 Å². The van der Waals surface area contributed by atoms with E-state index in [1.54, 1.807) is 26.3 Å². The summed E-state index contributed by atoms with van der Waals surface area (Å²) in [6.45, 7) is 0.0680. The van der Waals surface area contributed by atoms with Crippen LogP contribution in [0.15, 0.2) is 53.1 Å². The molecule has 0 N–H and O–H groups in total.